The lowest BCUT2D eigenvalue weighted by atomic mass is 10.1. The number of nitrogens with zero attached hydrogens (tertiary/aromatic N) is 2. The van der Waals surface area contributed by atoms with E-state index >= 15 is 0 Å². The van der Waals surface area contributed by atoms with E-state index < -0.39 is 9.84 Å². The third-order valence-electron chi connectivity index (χ3n) is 5.04. The van der Waals surface area contributed by atoms with E-state index in [2.05, 4.69) is 61.2 Å². The summed E-state index contributed by atoms with van der Waals surface area (Å²) in [5.41, 5.74) is 4.77. The second-order valence-corrected chi connectivity index (χ2v) is 10.1. The van der Waals surface area contributed by atoms with Gasteiger partial charge in [-0.1, -0.05) is 53.7 Å². The van der Waals surface area contributed by atoms with Crippen molar-refractivity contribution in [2.45, 2.75) is 31.7 Å². The minimum atomic E-state index is -3.01. The molecule has 1 fully saturated rings. The van der Waals surface area contributed by atoms with Crippen LogP contribution in [0.25, 0.3) is 0 Å². The highest BCUT2D eigenvalue weighted by Crippen LogP contribution is 2.36. The average Bonchev–Trinajstić information content (AvgIpc) is 3.06. The van der Waals surface area contributed by atoms with Gasteiger partial charge in [0.15, 0.2) is 15.0 Å². The molecular formula is C20H22N2O2S2. The van der Waals surface area contributed by atoms with Gasteiger partial charge in [-0.15, -0.1) is 0 Å². The number of anilines is 1. The third-order valence-corrected chi connectivity index (χ3v) is 7.75. The Bertz CT molecular complexity index is 952. The minimum absolute atomic E-state index is 0.0814. The molecule has 2 aliphatic rings. The van der Waals surface area contributed by atoms with Crippen LogP contribution in [-0.2, 0) is 15.6 Å². The molecule has 6 heteroatoms. The predicted molar refractivity (Wildman–Crippen MR) is 110 cm³/mol. The van der Waals surface area contributed by atoms with Crippen LogP contribution in [0.3, 0.4) is 0 Å². The average molecular weight is 387 g/mol. The summed E-state index contributed by atoms with van der Waals surface area (Å²) in [6.45, 7) is 4.17. The Hall–Kier alpha value is -1.79. The van der Waals surface area contributed by atoms with Gasteiger partial charge in [0.05, 0.1) is 23.6 Å². The van der Waals surface area contributed by atoms with Crippen LogP contribution < -0.4 is 4.90 Å². The number of amidine groups is 1. The van der Waals surface area contributed by atoms with E-state index in [4.69, 9.17) is 4.99 Å². The molecule has 0 N–H and O–H groups in total. The van der Waals surface area contributed by atoms with Crippen molar-refractivity contribution in [3.8, 4) is 0 Å². The Kier molecular flexibility index (Phi) is 4.57. The van der Waals surface area contributed by atoms with Crippen molar-refractivity contribution in [3.63, 3.8) is 0 Å². The molecule has 2 atom stereocenters. The standard InChI is InChI=1S/C20H22N2O2S2/c1-14-7-9-17(10-8-14)22-19-13-26(23,24)12-18(19)21-20(22)25-11-16-6-4-3-5-15(16)2/h3-10,18-19H,11-13H2,1-2H3/t18-,19+/m1/s1. The fourth-order valence-corrected chi connectivity index (χ4v) is 6.60. The van der Waals surface area contributed by atoms with Gasteiger partial charge < -0.3 is 4.90 Å². The van der Waals surface area contributed by atoms with Crippen molar-refractivity contribution >= 4 is 32.5 Å². The lowest BCUT2D eigenvalue weighted by Crippen LogP contribution is -2.39. The fraction of sp³-hybridized carbons (Fsp3) is 0.350. The van der Waals surface area contributed by atoms with Crippen LogP contribution in [0.1, 0.15) is 16.7 Å². The summed E-state index contributed by atoms with van der Waals surface area (Å²) in [5, 5.41) is 0.932. The van der Waals surface area contributed by atoms with E-state index in [0.717, 1.165) is 16.6 Å². The van der Waals surface area contributed by atoms with Crippen LogP contribution in [0, 0.1) is 13.8 Å². The number of aryl methyl sites for hydroxylation is 2. The number of hydrogen-bond donors (Lipinski definition) is 0. The zero-order valence-electron chi connectivity index (χ0n) is 14.9. The second kappa shape index (κ2) is 6.74. The van der Waals surface area contributed by atoms with Crippen molar-refractivity contribution in [2.24, 2.45) is 4.99 Å². The smallest absolute Gasteiger partial charge is 0.164 e. The minimum Gasteiger partial charge on any atom is -0.315 e. The number of benzene rings is 2. The lowest BCUT2D eigenvalue weighted by molar-refractivity contribution is 0.601. The van der Waals surface area contributed by atoms with Crippen molar-refractivity contribution in [1.29, 1.82) is 0 Å². The molecule has 136 valence electrons. The fourth-order valence-electron chi connectivity index (χ4n) is 3.55. The molecule has 2 aromatic rings. The van der Waals surface area contributed by atoms with E-state index in [-0.39, 0.29) is 23.6 Å². The number of rotatable bonds is 3. The summed E-state index contributed by atoms with van der Waals surface area (Å²) in [5.74, 6) is 1.18. The molecule has 0 radical (unpaired) electrons. The van der Waals surface area contributed by atoms with Gasteiger partial charge in [0.25, 0.3) is 0 Å². The van der Waals surface area contributed by atoms with E-state index in [1.807, 2.05) is 6.07 Å². The van der Waals surface area contributed by atoms with Gasteiger partial charge in [0, 0.05) is 11.4 Å². The summed E-state index contributed by atoms with van der Waals surface area (Å²) < 4.78 is 24.2. The SMILES string of the molecule is Cc1ccc(N2C(SCc3ccccc3C)=N[C@@H]3CS(=O)(=O)C[C@@H]32)cc1. The zero-order chi connectivity index (χ0) is 18.3. The van der Waals surface area contributed by atoms with Gasteiger partial charge in [-0.3, -0.25) is 4.99 Å². The number of sulfone groups is 1. The quantitative estimate of drug-likeness (QED) is 0.809. The highest BCUT2D eigenvalue weighted by Gasteiger charge is 2.47. The molecular weight excluding hydrogens is 364 g/mol. The first-order valence-electron chi connectivity index (χ1n) is 8.74. The van der Waals surface area contributed by atoms with E-state index in [0.29, 0.717) is 0 Å². The largest absolute Gasteiger partial charge is 0.315 e. The van der Waals surface area contributed by atoms with Crippen LogP contribution in [0.5, 0.6) is 0 Å². The maximum absolute atomic E-state index is 12.1. The van der Waals surface area contributed by atoms with Gasteiger partial charge in [-0.05, 0) is 37.1 Å². The summed E-state index contributed by atoms with van der Waals surface area (Å²) in [4.78, 5) is 6.93. The molecule has 0 unspecified atom stereocenters. The number of fused-ring (bicyclic) bond motifs is 1. The van der Waals surface area contributed by atoms with Gasteiger partial charge in [0.1, 0.15) is 0 Å². The summed E-state index contributed by atoms with van der Waals surface area (Å²) in [7, 11) is -3.01. The normalized spacial score (nSPS) is 23.8. The van der Waals surface area contributed by atoms with E-state index in [1.54, 1.807) is 11.8 Å². The van der Waals surface area contributed by atoms with E-state index in [1.165, 1.54) is 16.7 Å². The van der Waals surface area contributed by atoms with Crippen LogP contribution in [0.15, 0.2) is 53.5 Å². The molecule has 4 nitrogen and oxygen atoms in total. The first-order chi connectivity index (χ1) is 12.4. The summed E-state index contributed by atoms with van der Waals surface area (Å²) >= 11 is 1.70. The van der Waals surface area contributed by atoms with Crippen molar-refractivity contribution in [1.82, 2.24) is 0 Å². The maximum atomic E-state index is 12.1. The predicted octanol–water partition coefficient (Wildman–Crippen LogP) is 3.58. The molecule has 0 aliphatic carbocycles. The first kappa shape index (κ1) is 17.6. The topological polar surface area (TPSA) is 49.7 Å². The van der Waals surface area contributed by atoms with Crippen molar-refractivity contribution < 1.29 is 8.42 Å². The Labute approximate surface area is 159 Å². The first-order valence-corrected chi connectivity index (χ1v) is 11.5. The zero-order valence-corrected chi connectivity index (χ0v) is 16.6. The van der Waals surface area contributed by atoms with Gasteiger partial charge >= 0.3 is 0 Å². The monoisotopic (exact) mass is 386 g/mol. The van der Waals surface area contributed by atoms with Gasteiger partial charge in [-0.25, -0.2) is 8.42 Å². The molecule has 0 amide bonds. The molecule has 2 aromatic carbocycles. The number of aliphatic imine (C=N–C) groups is 1. The molecule has 2 aliphatic heterocycles. The molecule has 0 saturated carbocycles. The maximum Gasteiger partial charge on any atom is 0.164 e. The summed E-state index contributed by atoms with van der Waals surface area (Å²) in [6, 6.07) is 16.4. The highest BCUT2D eigenvalue weighted by molar-refractivity contribution is 8.13. The Morgan fingerprint density at radius 2 is 1.81 bits per heavy atom. The molecule has 26 heavy (non-hydrogen) atoms. The highest BCUT2D eigenvalue weighted by atomic mass is 32.2. The van der Waals surface area contributed by atoms with Gasteiger partial charge in [0.2, 0.25) is 0 Å². The third kappa shape index (κ3) is 3.40. The number of hydrogen-bond acceptors (Lipinski definition) is 5. The molecule has 2 heterocycles. The van der Waals surface area contributed by atoms with Gasteiger partial charge in [-0.2, -0.15) is 0 Å². The van der Waals surface area contributed by atoms with Crippen LogP contribution in [0.4, 0.5) is 5.69 Å². The number of thioether (sulfide) groups is 1. The Morgan fingerprint density at radius 3 is 2.54 bits per heavy atom. The van der Waals surface area contributed by atoms with E-state index in [9.17, 15) is 8.42 Å². The molecule has 0 aromatic heterocycles. The molecule has 1 saturated heterocycles. The van der Waals surface area contributed by atoms with Crippen LogP contribution in [-0.4, -0.2) is 37.2 Å². The Morgan fingerprint density at radius 1 is 1.08 bits per heavy atom. The molecule has 4 rings (SSSR count). The summed E-state index contributed by atoms with van der Waals surface area (Å²) in [6.07, 6.45) is 0. The molecule has 0 bridgehead atoms. The van der Waals surface area contributed by atoms with Crippen LogP contribution >= 0.6 is 11.8 Å². The second-order valence-electron chi connectivity index (χ2n) is 7.04. The van der Waals surface area contributed by atoms with Crippen molar-refractivity contribution in [2.75, 3.05) is 16.4 Å². The molecule has 0 spiro atoms. The Balaban J connectivity index is 1.63. The lowest BCUT2D eigenvalue weighted by Gasteiger charge is -2.26. The van der Waals surface area contributed by atoms with Crippen molar-refractivity contribution in [3.05, 3.63) is 65.2 Å². The van der Waals surface area contributed by atoms with Crippen LogP contribution in [0.2, 0.25) is 0 Å².